The summed E-state index contributed by atoms with van der Waals surface area (Å²) in [6.45, 7) is 3.97. The molecular weight excluding hydrogens is 496 g/mol. The molecular formula is C26H30N4O4S2. The highest BCUT2D eigenvalue weighted by atomic mass is 32.2. The molecule has 0 aromatic heterocycles. The minimum absolute atomic E-state index is 0.0901. The normalized spacial score (nSPS) is 17.4. The van der Waals surface area contributed by atoms with E-state index in [0.717, 1.165) is 16.8 Å². The zero-order chi connectivity index (χ0) is 26.1. The third-order valence-corrected chi connectivity index (χ3v) is 9.41. The minimum Gasteiger partial charge on any atom is -0.378 e. The van der Waals surface area contributed by atoms with E-state index in [-0.39, 0.29) is 22.2 Å². The summed E-state index contributed by atoms with van der Waals surface area (Å²) >= 11 is 0. The molecule has 0 N–H and O–H groups in total. The van der Waals surface area contributed by atoms with Gasteiger partial charge in [0.1, 0.15) is 12.0 Å². The van der Waals surface area contributed by atoms with Crippen LogP contribution in [0.3, 0.4) is 0 Å². The fraction of sp³-hybridized carbons (Fsp3) is 0.269. The summed E-state index contributed by atoms with van der Waals surface area (Å²) in [7, 11) is -3.97. The third-order valence-electron chi connectivity index (χ3n) is 6.17. The van der Waals surface area contributed by atoms with Crippen molar-refractivity contribution in [3.8, 4) is 0 Å². The van der Waals surface area contributed by atoms with Crippen molar-refractivity contribution in [1.29, 1.82) is 0 Å². The number of amidine groups is 1. The van der Waals surface area contributed by atoms with Crippen LogP contribution in [0.1, 0.15) is 24.2 Å². The standard InChI is InChI=1S/C26H30N4O4S2/c1-20-10-16-24(17-11-20)35(31,32)27-21(2)29-18-19-30(36(33,34)25-8-6-5-7-9-25)26(29)22-12-14-23(15-13-22)28(3)4/h5-17,26H,18-19H2,1-4H3. The number of benzene rings is 3. The average Bonchev–Trinajstić information content (AvgIpc) is 3.31. The van der Waals surface area contributed by atoms with E-state index in [0.29, 0.717) is 6.54 Å². The molecule has 10 heteroatoms. The van der Waals surface area contributed by atoms with Gasteiger partial charge in [0.2, 0.25) is 10.0 Å². The van der Waals surface area contributed by atoms with Gasteiger partial charge in [-0.1, -0.05) is 48.0 Å². The maximum atomic E-state index is 13.6. The van der Waals surface area contributed by atoms with E-state index in [1.54, 1.807) is 54.3 Å². The van der Waals surface area contributed by atoms with Crippen LogP contribution in [0.25, 0.3) is 0 Å². The molecule has 1 atom stereocenters. The molecule has 0 bridgehead atoms. The molecule has 0 saturated carbocycles. The molecule has 3 aromatic carbocycles. The molecule has 0 spiro atoms. The van der Waals surface area contributed by atoms with Gasteiger partial charge in [0.15, 0.2) is 0 Å². The molecule has 8 nitrogen and oxygen atoms in total. The minimum atomic E-state index is -3.97. The smallest absolute Gasteiger partial charge is 0.283 e. The topological polar surface area (TPSA) is 90.4 Å². The molecule has 190 valence electrons. The predicted octanol–water partition coefficient (Wildman–Crippen LogP) is 3.87. The molecule has 3 aromatic rings. The van der Waals surface area contributed by atoms with E-state index >= 15 is 0 Å². The maximum absolute atomic E-state index is 13.6. The molecule has 0 amide bonds. The van der Waals surface area contributed by atoms with Crippen molar-refractivity contribution >= 4 is 31.6 Å². The van der Waals surface area contributed by atoms with Gasteiger partial charge in [-0.3, -0.25) is 0 Å². The average molecular weight is 527 g/mol. The lowest BCUT2D eigenvalue weighted by molar-refractivity contribution is 0.284. The Bertz CT molecular complexity index is 1450. The lowest BCUT2D eigenvalue weighted by Gasteiger charge is -2.31. The lowest BCUT2D eigenvalue weighted by atomic mass is 10.1. The van der Waals surface area contributed by atoms with Crippen LogP contribution in [-0.4, -0.2) is 59.1 Å². The van der Waals surface area contributed by atoms with E-state index in [2.05, 4.69) is 4.40 Å². The van der Waals surface area contributed by atoms with Crippen LogP contribution in [0, 0.1) is 6.92 Å². The monoisotopic (exact) mass is 526 g/mol. The second-order valence-electron chi connectivity index (χ2n) is 8.91. The lowest BCUT2D eigenvalue weighted by Crippen LogP contribution is -2.37. The van der Waals surface area contributed by atoms with Crippen molar-refractivity contribution in [2.75, 3.05) is 32.1 Å². The number of nitrogens with zero attached hydrogens (tertiary/aromatic N) is 4. The number of hydrogen-bond acceptors (Lipinski definition) is 5. The highest BCUT2D eigenvalue weighted by Gasteiger charge is 2.42. The summed E-state index contributed by atoms with van der Waals surface area (Å²) in [5.41, 5.74) is 2.63. The molecule has 1 aliphatic heterocycles. The third kappa shape index (κ3) is 5.16. The van der Waals surface area contributed by atoms with Crippen LogP contribution in [0.15, 0.2) is 93.1 Å². The van der Waals surface area contributed by atoms with Gasteiger partial charge in [-0.25, -0.2) is 8.42 Å². The van der Waals surface area contributed by atoms with Crippen LogP contribution < -0.4 is 4.90 Å². The Morgan fingerprint density at radius 2 is 1.44 bits per heavy atom. The Labute approximate surface area is 213 Å². The van der Waals surface area contributed by atoms with Gasteiger partial charge in [-0.2, -0.15) is 12.7 Å². The van der Waals surface area contributed by atoms with Crippen molar-refractivity contribution in [2.24, 2.45) is 4.40 Å². The summed E-state index contributed by atoms with van der Waals surface area (Å²) in [6.07, 6.45) is -0.747. The molecule has 1 unspecified atom stereocenters. The number of sulfonamides is 2. The highest BCUT2D eigenvalue weighted by molar-refractivity contribution is 7.90. The largest absolute Gasteiger partial charge is 0.378 e. The predicted molar refractivity (Wildman–Crippen MR) is 142 cm³/mol. The van der Waals surface area contributed by atoms with Gasteiger partial charge in [0.05, 0.1) is 9.79 Å². The van der Waals surface area contributed by atoms with Gasteiger partial charge in [0, 0.05) is 32.9 Å². The second kappa shape index (κ2) is 10.0. The fourth-order valence-corrected chi connectivity index (χ4v) is 6.84. The molecule has 0 aliphatic carbocycles. The molecule has 1 aliphatic rings. The highest BCUT2D eigenvalue weighted by Crippen LogP contribution is 2.36. The number of aryl methyl sites for hydroxylation is 1. The fourth-order valence-electron chi connectivity index (χ4n) is 4.20. The van der Waals surface area contributed by atoms with Gasteiger partial charge in [-0.15, -0.1) is 4.40 Å². The van der Waals surface area contributed by atoms with Crippen molar-refractivity contribution in [2.45, 2.75) is 29.8 Å². The van der Waals surface area contributed by atoms with E-state index in [9.17, 15) is 16.8 Å². The number of hydrogen-bond donors (Lipinski definition) is 0. The van der Waals surface area contributed by atoms with Gasteiger partial charge >= 0.3 is 0 Å². The zero-order valence-corrected chi connectivity index (χ0v) is 22.4. The van der Waals surface area contributed by atoms with Crippen LogP contribution in [0.5, 0.6) is 0 Å². The van der Waals surface area contributed by atoms with Crippen LogP contribution >= 0.6 is 0 Å². The van der Waals surface area contributed by atoms with Crippen LogP contribution in [0.2, 0.25) is 0 Å². The molecule has 36 heavy (non-hydrogen) atoms. The first-order chi connectivity index (χ1) is 17.0. The van der Waals surface area contributed by atoms with E-state index in [1.807, 2.05) is 50.2 Å². The second-order valence-corrected chi connectivity index (χ2v) is 12.4. The SMILES string of the molecule is CC(=NS(=O)(=O)c1ccc(C)cc1)N1CCN(S(=O)(=O)c2ccccc2)C1c1ccc(N(C)C)cc1. The van der Waals surface area contributed by atoms with Crippen molar-refractivity contribution in [1.82, 2.24) is 9.21 Å². The Hall–Kier alpha value is -3.21. The number of rotatable bonds is 6. The van der Waals surface area contributed by atoms with E-state index in [1.165, 1.54) is 16.4 Å². The molecule has 0 radical (unpaired) electrons. The van der Waals surface area contributed by atoms with Crippen LogP contribution in [-0.2, 0) is 20.0 Å². The molecule has 4 rings (SSSR count). The van der Waals surface area contributed by atoms with Crippen LogP contribution in [0.4, 0.5) is 5.69 Å². The summed E-state index contributed by atoms with van der Waals surface area (Å²) in [5, 5.41) is 0. The van der Waals surface area contributed by atoms with Gasteiger partial charge in [0.25, 0.3) is 10.0 Å². The van der Waals surface area contributed by atoms with Crippen molar-refractivity contribution < 1.29 is 16.8 Å². The summed E-state index contributed by atoms with van der Waals surface area (Å²) in [5.74, 6) is 0.225. The van der Waals surface area contributed by atoms with Gasteiger partial charge in [-0.05, 0) is 55.8 Å². The summed E-state index contributed by atoms with van der Waals surface area (Å²) in [6, 6.07) is 22.3. The Balaban J connectivity index is 1.77. The zero-order valence-electron chi connectivity index (χ0n) is 20.7. The maximum Gasteiger partial charge on any atom is 0.283 e. The molecule has 1 fully saturated rings. The van der Waals surface area contributed by atoms with Gasteiger partial charge < -0.3 is 9.80 Å². The molecule has 1 heterocycles. The first-order valence-electron chi connectivity index (χ1n) is 11.5. The van der Waals surface area contributed by atoms with Crippen molar-refractivity contribution in [3.05, 3.63) is 90.0 Å². The first kappa shape index (κ1) is 25.9. The molecule has 1 saturated heterocycles. The Morgan fingerprint density at radius 1 is 0.833 bits per heavy atom. The quantitative estimate of drug-likeness (QED) is 0.358. The van der Waals surface area contributed by atoms with Crippen molar-refractivity contribution in [3.63, 3.8) is 0 Å². The Kier molecular flexibility index (Phi) is 7.21. The Morgan fingerprint density at radius 3 is 2.03 bits per heavy atom. The van der Waals surface area contributed by atoms with E-state index < -0.39 is 26.2 Å². The first-order valence-corrected chi connectivity index (χ1v) is 14.4. The summed E-state index contributed by atoms with van der Waals surface area (Å²) in [4.78, 5) is 3.96. The number of anilines is 1. The van der Waals surface area contributed by atoms with E-state index in [4.69, 9.17) is 0 Å². The summed E-state index contributed by atoms with van der Waals surface area (Å²) < 4.78 is 58.8.